The van der Waals surface area contributed by atoms with Crippen LogP contribution in [0.5, 0.6) is 0 Å². The minimum absolute atomic E-state index is 0.325. The maximum atomic E-state index is 12.6. The smallest absolute Gasteiger partial charge is 0.383 e. The van der Waals surface area contributed by atoms with Gasteiger partial charge in [-0.1, -0.05) is 46.8 Å². The molecule has 3 heterocycles. The van der Waals surface area contributed by atoms with Crippen molar-refractivity contribution >= 4 is 40.5 Å². The van der Waals surface area contributed by atoms with Crippen molar-refractivity contribution in [3.05, 3.63) is 64.9 Å². The highest BCUT2D eigenvalue weighted by molar-refractivity contribution is 8.00. The van der Waals surface area contributed by atoms with Crippen LogP contribution in [-0.2, 0) is 11.9 Å². The second-order valence-electron chi connectivity index (χ2n) is 6.02. The number of thioether (sulfide) groups is 1. The lowest BCUT2D eigenvalue weighted by atomic mass is 10.1. The van der Waals surface area contributed by atoms with Crippen molar-refractivity contribution in [2.75, 3.05) is 5.73 Å². The average molecular weight is 469 g/mol. The summed E-state index contributed by atoms with van der Waals surface area (Å²) >= 11 is 8.84. The Kier molecular flexibility index (Phi) is 5.67. The van der Waals surface area contributed by atoms with Gasteiger partial charge in [0.15, 0.2) is 15.2 Å². The lowest BCUT2D eigenvalue weighted by Gasteiger charge is -2.06. The largest absolute Gasteiger partial charge is 0.416 e. The summed E-state index contributed by atoms with van der Waals surface area (Å²) in [5.41, 5.74) is 6.88. The monoisotopic (exact) mass is 468 g/mol. The van der Waals surface area contributed by atoms with Crippen molar-refractivity contribution in [1.29, 1.82) is 0 Å². The number of nitrogen functional groups attached to an aromatic ring is 1. The van der Waals surface area contributed by atoms with Crippen LogP contribution in [0.4, 0.5) is 19.0 Å². The predicted molar refractivity (Wildman–Crippen MR) is 111 cm³/mol. The summed E-state index contributed by atoms with van der Waals surface area (Å²) in [6, 6.07) is 8.44. The topological polar surface area (TPSA) is 82.5 Å². The number of alkyl halides is 3. The zero-order valence-electron chi connectivity index (χ0n) is 15.0. The van der Waals surface area contributed by atoms with Crippen molar-refractivity contribution in [1.82, 2.24) is 25.0 Å². The highest BCUT2D eigenvalue weighted by atomic mass is 35.5. The summed E-state index contributed by atoms with van der Waals surface area (Å²) in [5.74, 6) is 1.20. The molecule has 2 N–H and O–H groups in total. The quantitative estimate of drug-likeness (QED) is 0.398. The van der Waals surface area contributed by atoms with E-state index >= 15 is 0 Å². The minimum Gasteiger partial charge on any atom is -0.383 e. The third-order valence-corrected chi connectivity index (χ3v) is 6.48. The van der Waals surface area contributed by atoms with E-state index in [4.69, 9.17) is 17.3 Å². The van der Waals surface area contributed by atoms with Gasteiger partial charge in [0.1, 0.15) is 5.82 Å². The molecule has 0 radical (unpaired) electrons. The second kappa shape index (κ2) is 8.25. The highest BCUT2D eigenvalue weighted by Crippen LogP contribution is 2.35. The Hall–Kier alpha value is -2.63. The lowest BCUT2D eigenvalue weighted by molar-refractivity contribution is -0.137. The van der Waals surface area contributed by atoms with Crippen molar-refractivity contribution in [2.24, 2.45) is 0 Å². The molecule has 0 saturated heterocycles. The molecule has 0 amide bonds. The first-order chi connectivity index (χ1) is 14.3. The molecule has 0 spiro atoms. The van der Waals surface area contributed by atoms with Gasteiger partial charge in [-0.3, -0.25) is 0 Å². The molecule has 1 aromatic carbocycles. The van der Waals surface area contributed by atoms with Gasteiger partial charge in [0.2, 0.25) is 0 Å². The van der Waals surface area contributed by atoms with Crippen molar-refractivity contribution < 1.29 is 13.2 Å². The zero-order valence-corrected chi connectivity index (χ0v) is 17.4. The van der Waals surface area contributed by atoms with E-state index in [1.54, 1.807) is 24.5 Å². The molecular formula is C18H12ClF3N6S2. The lowest BCUT2D eigenvalue weighted by Crippen LogP contribution is -2.04. The molecule has 6 nitrogen and oxygen atoms in total. The number of anilines is 1. The van der Waals surface area contributed by atoms with Gasteiger partial charge in [-0.15, -0.1) is 10.2 Å². The molecule has 0 fully saturated rings. The Bertz CT molecular complexity index is 1170. The molecule has 0 bridgehead atoms. The van der Waals surface area contributed by atoms with E-state index in [2.05, 4.69) is 20.3 Å². The van der Waals surface area contributed by atoms with E-state index in [-0.39, 0.29) is 0 Å². The number of hydrogen-bond donors (Lipinski definition) is 1. The molecular weight excluding hydrogens is 457 g/mol. The third kappa shape index (κ3) is 4.27. The zero-order chi connectivity index (χ0) is 21.3. The number of rotatable bonds is 5. The number of aromatic nitrogens is 5. The Labute approximate surface area is 181 Å². The number of hydrogen-bond acceptors (Lipinski definition) is 7. The van der Waals surface area contributed by atoms with Crippen LogP contribution in [-0.4, -0.2) is 25.0 Å². The minimum atomic E-state index is -4.34. The molecule has 0 aliphatic carbocycles. The summed E-state index contributed by atoms with van der Waals surface area (Å²) in [4.78, 5) is 4.19. The van der Waals surface area contributed by atoms with E-state index in [1.807, 2.05) is 0 Å². The number of halogens is 4. The summed E-state index contributed by atoms with van der Waals surface area (Å²) < 4.78 is 40.0. The third-order valence-electron chi connectivity index (χ3n) is 4.03. The maximum absolute atomic E-state index is 12.6. The van der Waals surface area contributed by atoms with Crippen LogP contribution < -0.4 is 5.73 Å². The van der Waals surface area contributed by atoms with Crippen LogP contribution in [0.3, 0.4) is 0 Å². The van der Waals surface area contributed by atoms with E-state index in [1.165, 1.54) is 39.9 Å². The van der Waals surface area contributed by atoms with Gasteiger partial charge in [-0.05, 0) is 29.8 Å². The van der Waals surface area contributed by atoms with Gasteiger partial charge < -0.3 is 5.73 Å². The second-order valence-corrected chi connectivity index (χ2v) is 8.63. The highest BCUT2D eigenvalue weighted by Gasteiger charge is 2.29. The molecule has 0 atom stereocenters. The number of nitrogens with zero attached hydrogens (tertiary/aromatic N) is 5. The number of nitrogens with two attached hydrogens (primary N) is 1. The Morgan fingerprint density at radius 2 is 1.90 bits per heavy atom. The van der Waals surface area contributed by atoms with Crippen LogP contribution in [0.25, 0.3) is 16.4 Å². The average Bonchev–Trinajstić information content (AvgIpc) is 3.33. The summed E-state index contributed by atoms with van der Waals surface area (Å²) in [6.07, 6.45) is -1.20. The van der Waals surface area contributed by atoms with Gasteiger partial charge in [-0.2, -0.15) is 23.0 Å². The van der Waals surface area contributed by atoms with Gasteiger partial charge >= 0.3 is 6.18 Å². The first-order valence-corrected chi connectivity index (χ1v) is 10.6. The van der Waals surface area contributed by atoms with Crippen LogP contribution in [0.15, 0.2) is 53.1 Å². The fraction of sp³-hybridized carbons (Fsp3) is 0.111. The summed E-state index contributed by atoms with van der Waals surface area (Å²) in [7, 11) is 0. The van der Waals surface area contributed by atoms with Gasteiger partial charge in [0.05, 0.1) is 22.3 Å². The van der Waals surface area contributed by atoms with Crippen LogP contribution in [0.1, 0.15) is 11.1 Å². The summed E-state index contributed by atoms with van der Waals surface area (Å²) in [5, 5.41) is 13.5. The molecule has 3 aromatic heterocycles. The maximum Gasteiger partial charge on any atom is 0.416 e. The van der Waals surface area contributed by atoms with Gasteiger partial charge in [-0.25, -0.2) is 4.98 Å². The Balaban J connectivity index is 1.48. The number of benzene rings is 1. The normalized spacial score (nSPS) is 11.7. The van der Waals surface area contributed by atoms with Crippen LogP contribution in [0, 0.1) is 0 Å². The Morgan fingerprint density at radius 3 is 2.60 bits per heavy atom. The molecule has 0 unspecified atom stereocenters. The van der Waals surface area contributed by atoms with E-state index in [9.17, 15) is 13.2 Å². The van der Waals surface area contributed by atoms with E-state index in [0.29, 0.717) is 37.3 Å². The van der Waals surface area contributed by atoms with Crippen molar-refractivity contribution in [2.45, 2.75) is 16.3 Å². The molecule has 0 saturated carbocycles. The molecule has 154 valence electrons. The number of pyridine rings is 1. The van der Waals surface area contributed by atoms with Crippen molar-refractivity contribution in [3.8, 4) is 16.4 Å². The molecule has 30 heavy (non-hydrogen) atoms. The molecule has 0 aliphatic heterocycles. The first kappa shape index (κ1) is 20.6. The van der Waals surface area contributed by atoms with Crippen LogP contribution >= 0.6 is 34.7 Å². The van der Waals surface area contributed by atoms with E-state index < -0.39 is 11.7 Å². The molecule has 4 aromatic rings. The molecule has 12 heteroatoms. The fourth-order valence-corrected chi connectivity index (χ4v) is 4.56. The SMILES string of the molecule is Nc1c(-c2nnc(SCc3ccc(C(F)(F)F)cc3)s2)cnn1-c1ncccc1Cl. The van der Waals surface area contributed by atoms with Gasteiger partial charge in [0, 0.05) is 11.9 Å². The van der Waals surface area contributed by atoms with Gasteiger partial charge in [0.25, 0.3) is 0 Å². The van der Waals surface area contributed by atoms with Crippen molar-refractivity contribution in [3.63, 3.8) is 0 Å². The Morgan fingerprint density at radius 1 is 1.13 bits per heavy atom. The first-order valence-electron chi connectivity index (χ1n) is 8.40. The molecule has 4 rings (SSSR count). The fourth-order valence-electron chi connectivity index (χ4n) is 2.54. The standard InChI is InChI=1S/C18H12ClF3N6S2/c19-13-2-1-7-24-15(13)28-14(23)12(8-25-28)16-26-27-17(30-16)29-9-10-3-5-11(6-4-10)18(20,21)22/h1-8H,9,23H2. The van der Waals surface area contributed by atoms with Crippen LogP contribution in [0.2, 0.25) is 5.02 Å². The summed E-state index contributed by atoms with van der Waals surface area (Å²) in [6.45, 7) is 0. The molecule has 0 aliphatic rings. The predicted octanol–water partition coefficient (Wildman–Crippen LogP) is 5.33. The van der Waals surface area contributed by atoms with E-state index in [0.717, 1.165) is 17.7 Å².